The van der Waals surface area contributed by atoms with Crippen molar-refractivity contribution >= 4 is 29.9 Å². The van der Waals surface area contributed by atoms with Crippen molar-refractivity contribution < 1.29 is 29.0 Å². The second kappa shape index (κ2) is 9.81. The summed E-state index contributed by atoms with van der Waals surface area (Å²) < 4.78 is 10.4. The third-order valence-electron chi connectivity index (χ3n) is 3.67. The second-order valence-electron chi connectivity index (χ2n) is 5.54. The van der Waals surface area contributed by atoms with Gasteiger partial charge in [0.15, 0.2) is 11.5 Å². The van der Waals surface area contributed by atoms with Gasteiger partial charge in [0.1, 0.15) is 23.8 Å². The summed E-state index contributed by atoms with van der Waals surface area (Å²) >= 11 is 0. The number of aliphatic carboxylic acids is 1. The molecule has 2 N–H and O–H groups in total. The largest absolute Gasteiger partial charge is 0.493 e. The number of carbonyl (C=O) groups is 3. The Bertz CT molecular complexity index is 897. The number of aromatic nitrogens is 2. The van der Waals surface area contributed by atoms with Crippen LogP contribution in [0.25, 0.3) is 6.08 Å². The highest BCUT2D eigenvalue weighted by Crippen LogP contribution is 2.28. The van der Waals surface area contributed by atoms with Gasteiger partial charge in [-0.15, -0.1) is 0 Å². The van der Waals surface area contributed by atoms with Crippen LogP contribution in [-0.2, 0) is 9.59 Å². The predicted molar refractivity (Wildman–Crippen MR) is 101 cm³/mol. The summed E-state index contributed by atoms with van der Waals surface area (Å²) in [5, 5.41) is 11.6. The molecule has 28 heavy (non-hydrogen) atoms. The minimum atomic E-state index is -1.21. The Kier molecular flexibility index (Phi) is 7.21. The summed E-state index contributed by atoms with van der Waals surface area (Å²) in [6.45, 7) is 0. The van der Waals surface area contributed by atoms with Crippen LogP contribution in [0.4, 0.5) is 5.82 Å². The van der Waals surface area contributed by atoms with Crippen LogP contribution in [0.1, 0.15) is 22.5 Å². The number of methoxy groups -OCH3 is 2. The molecule has 0 spiro atoms. The van der Waals surface area contributed by atoms with E-state index in [1.165, 1.54) is 32.7 Å². The molecule has 0 fully saturated rings. The number of nitrogens with one attached hydrogen (secondary N) is 1. The highest BCUT2D eigenvalue weighted by atomic mass is 16.5. The molecule has 0 aliphatic heterocycles. The fraction of sp³-hybridized carbons (Fsp3) is 0.211. The summed E-state index contributed by atoms with van der Waals surface area (Å²) in [6, 6.07) is 4.03. The second-order valence-corrected chi connectivity index (χ2v) is 5.54. The summed E-state index contributed by atoms with van der Waals surface area (Å²) in [5.41, 5.74) is 0.738. The molecule has 0 radical (unpaired) electrons. The van der Waals surface area contributed by atoms with Crippen LogP contribution in [0.5, 0.6) is 11.5 Å². The fourth-order valence-electron chi connectivity index (χ4n) is 2.26. The van der Waals surface area contributed by atoms with Crippen LogP contribution in [0.3, 0.4) is 0 Å². The number of carboxylic acid groups (broad SMARTS) is 1. The maximum Gasteiger partial charge on any atom is 0.326 e. The van der Waals surface area contributed by atoms with E-state index in [1.54, 1.807) is 24.3 Å². The number of anilines is 1. The molecule has 9 heteroatoms. The van der Waals surface area contributed by atoms with Crippen molar-refractivity contribution in [2.24, 2.45) is 0 Å². The zero-order chi connectivity index (χ0) is 20.5. The number of hydrogen-bond donors (Lipinski definition) is 2. The number of rotatable bonds is 10. The molecular formula is C19H19N3O6. The highest BCUT2D eigenvalue weighted by Gasteiger charge is 2.17. The van der Waals surface area contributed by atoms with Crippen molar-refractivity contribution in [3.05, 3.63) is 47.9 Å². The monoisotopic (exact) mass is 385 g/mol. The van der Waals surface area contributed by atoms with Crippen molar-refractivity contribution in [3.8, 4) is 11.5 Å². The Morgan fingerprint density at radius 1 is 1.21 bits per heavy atom. The van der Waals surface area contributed by atoms with E-state index in [1.807, 2.05) is 0 Å². The molecule has 0 bridgehead atoms. The zero-order valence-electron chi connectivity index (χ0n) is 15.3. The Balaban J connectivity index is 2.15. The number of benzene rings is 1. The van der Waals surface area contributed by atoms with Gasteiger partial charge >= 0.3 is 5.97 Å². The molecule has 0 amide bonds. The minimum absolute atomic E-state index is 0.0250. The van der Waals surface area contributed by atoms with Gasteiger partial charge in [-0.1, -0.05) is 12.1 Å². The Labute approximate surface area is 161 Å². The molecule has 9 nitrogen and oxygen atoms in total. The number of carboxylic acids is 1. The molecule has 0 saturated carbocycles. The summed E-state index contributed by atoms with van der Waals surface area (Å²) in [4.78, 5) is 42.0. The third kappa shape index (κ3) is 5.37. The van der Waals surface area contributed by atoms with Crippen LogP contribution in [-0.4, -0.2) is 53.4 Å². The molecule has 0 saturated heterocycles. The smallest absolute Gasteiger partial charge is 0.326 e. The molecule has 2 rings (SSSR count). The Morgan fingerprint density at radius 2 is 1.96 bits per heavy atom. The lowest BCUT2D eigenvalue weighted by molar-refractivity contribution is -0.138. The van der Waals surface area contributed by atoms with Crippen molar-refractivity contribution in [3.63, 3.8) is 0 Å². The van der Waals surface area contributed by atoms with E-state index < -0.39 is 17.8 Å². The van der Waals surface area contributed by atoms with Crippen LogP contribution in [0.2, 0.25) is 0 Å². The first-order valence-electron chi connectivity index (χ1n) is 8.18. The standard InChI is InChI=1S/C19H19N3O6/c1-27-16-6-4-12(9-17(16)28-2)3-5-15(24)14-10-20-11-18(22-14)21-13(7-8-23)19(25)26/h3-6,8-11,13H,7H2,1-2H3,(H,21,22)(H,25,26). The highest BCUT2D eigenvalue weighted by molar-refractivity contribution is 6.05. The van der Waals surface area contributed by atoms with Crippen LogP contribution in [0.15, 0.2) is 36.7 Å². The van der Waals surface area contributed by atoms with E-state index in [9.17, 15) is 14.4 Å². The number of nitrogens with zero attached hydrogens (tertiary/aromatic N) is 2. The van der Waals surface area contributed by atoms with Gasteiger partial charge in [-0.25, -0.2) is 9.78 Å². The molecule has 1 aromatic carbocycles. The molecular weight excluding hydrogens is 366 g/mol. The summed E-state index contributed by atoms with van der Waals surface area (Å²) in [6.07, 6.45) is 5.68. The van der Waals surface area contributed by atoms with Crippen molar-refractivity contribution in [2.45, 2.75) is 12.5 Å². The lowest BCUT2D eigenvalue weighted by Crippen LogP contribution is -2.30. The number of carbonyl (C=O) groups excluding carboxylic acids is 2. The molecule has 1 unspecified atom stereocenters. The van der Waals surface area contributed by atoms with Crippen molar-refractivity contribution in [2.75, 3.05) is 19.5 Å². The first-order valence-corrected chi connectivity index (χ1v) is 8.18. The first kappa shape index (κ1) is 20.6. The van der Waals surface area contributed by atoms with Crippen molar-refractivity contribution in [1.82, 2.24) is 9.97 Å². The normalized spacial score (nSPS) is 11.6. The molecule has 2 aromatic rings. The zero-order valence-corrected chi connectivity index (χ0v) is 15.3. The van der Waals surface area contributed by atoms with Gasteiger partial charge in [0.05, 0.1) is 26.6 Å². The first-order chi connectivity index (χ1) is 13.5. The molecule has 1 aromatic heterocycles. The quantitative estimate of drug-likeness (QED) is 0.358. The Hall–Kier alpha value is -3.75. The van der Waals surface area contributed by atoms with Gasteiger partial charge < -0.3 is 24.7 Å². The van der Waals surface area contributed by atoms with E-state index in [0.29, 0.717) is 23.3 Å². The number of allylic oxidation sites excluding steroid dienone is 1. The van der Waals surface area contributed by atoms with Gasteiger partial charge in [-0.3, -0.25) is 9.78 Å². The topological polar surface area (TPSA) is 128 Å². The van der Waals surface area contributed by atoms with E-state index in [-0.39, 0.29) is 17.9 Å². The SMILES string of the molecule is COc1ccc(C=CC(=O)c2cncc(NC(CC=O)C(=O)O)n2)cc1OC. The lowest BCUT2D eigenvalue weighted by atomic mass is 10.1. The van der Waals surface area contributed by atoms with Gasteiger partial charge in [0.25, 0.3) is 0 Å². The minimum Gasteiger partial charge on any atom is -0.493 e. The summed E-state index contributed by atoms with van der Waals surface area (Å²) in [7, 11) is 3.04. The van der Waals surface area contributed by atoms with Crippen LogP contribution >= 0.6 is 0 Å². The van der Waals surface area contributed by atoms with E-state index >= 15 is 0 Å². The van der Waals surface area contributed by atoms with Crippen LogP contribution < -0.4 is 14.8 Å². The molecule has 0 aliphatic rings. The lowest BCUT2D eigenvalue weighted by Gasteiger charge is -2.12. The van der Waals surface area contributed by atoms with Crippen molar-refractivity contribution in [1.29, 1.82) is 0 Å². The van der Waals surface area contributed by atoms with Gasteiger partial charge in [0, 0.05) is 6.42 Å². The van der Waals surface area contributed by atoms with Gasteiger partial charge in [-0.05, 0) is 23.8 Å². The van der Waals surface area contributed by atoms with Crippen LogP contribution in [0, 0.1) is 0 Å². The number of ether oxygens (including phenoxy) is 2. The van der Waals surface area contributed by atoms with E-state index in [4.69, 9.17) is 14.6 Å². The number of ketones is 1. The average Bonchev–Trinajstić information content (AvgIpc) is 2.71. The predicted octanol–water partition coefficient (Wildman–Crippen LogP) is 1.84. The molecule has 146 valence electrons. The summed E-state index contributed by atoms with van der Waals surface area (Å²) in [5.74, 6) is -0.455. The third-order valence-corrected chi connectivity index (χ3v) is 3.67. The van der Waals surface area contributed by atoms with E-state index in [2.05, 4.69) is 15.3 Å². The number of aldehydes is 1. The fourth-order valence-corrected chi connectivity index (χ4v) is 2.26. The molecule has 1 heterocycles. The Morgan fingerprint density at radius 3 is 2.61 bits per heavy atom. The maximum absolute atomic E-state index is 12.3. The van der Waals surface area contributed by atoms with Gasteiger partial charge in [0.2, 0.25) is 5.78 Å². The average molecular weight is 385 g/mol. The molecule has 0 aliphatic carbocycles. The number of hydrogen-bond acceptors (Lipinski definition) is 8. The maximum atomic E-state index is 12.3. The molecule has 1 atom stereocenters. The van der Waals surface area contributed by atoms with E-state index in [0.717, 1.165) is 0 Å². The van der Waals surface area contributed by atoms with Gasteiger partial charge in [-0.2, -0.15) is 0 Å².